The largest absolute Gasteiger partial charge is 0.492 e. The maximum absolute atomic E-state index is 12.4. The van der Waals surface area contributed by atoms with Gasteiger partial charge in [0, 0.05) is 16.6 Å². The molecule has 2 heterocycles. The second-order valence-electron chi connectivity index (χ2n) is 6.99. The molecule has 0 saturated heterocycles. The van der Waals surface area contributed by atoms with Crippen LogP contribution < -0.4 is 19.7 Å². The maximum Gasteiger partial charge on any atom is 0.265 e. The van der Waals surface area contributed by atoms with Crippen LogP contribution in [0, 0.1) is 6.92 Å². The molecule has 7 heteroatoms. The van der Waals surface area contributed by atoms with Gasteiger partial charge in [0.2, 0.25) is 5.91 Å². The molecule has 1 N–H and O–H groups in total. The highest BCUT2D eigenvalue weighted by Gasteiger charge is 2.25. The number of anilines is 2. The zero-order chi connectivity index (χ0) is 20.9. The van der Waals surface area contributed by atoms with E-state index in [-0.39, 0.29) is 18.4 Å². The lowest BCUT2D eigenvalue weighted by molar-refractivity contribution is -0.121. The summed E-state index contributed by atoms with van der Waals surface area (Å²) in [7, 11) is 0. The lowest BCUT2D eigenvalue weighted by Crippen LogP contribution is -2.41. The highest BCUT2D eigenvalue weighted by atomic mass is 32.1. The van der Waals surface area contributed by atoms with Gasteiger partial charge in [-0.2, -0.15) is 0 Å². The summed E-state index contributed by atoms with van der Waals surface area (Å²) in [5.41, 5.74) is 2.44. The van der Waals surface area contributed by atoms with Gasteiger partial charge in [-0.15, -0.1) is 11.3 Å². The molecule has 0 atom stereocenters. The van der Waals surface area contributed by atoms with Crippen molar-refractivity contribution in [1.82, 2.24) is 0 Å². The topological polar surface area (TPSA) is 67.9 Å². The molecule has 4 rings (SSSR count). The lowest BCUT2D eigenvalue weighted by atomic mass is 10.2. The first-order chi connectivity index (χ1) is 14.6. The van der Waals surface area contributed by atoms with Crippen LogP contribution in [0.3, 0.4) is 0 Å². The summed E-state index contributed by atoms with van der Waals surface area (Å²) in [6, 6.07) is 17.0. The van der Waals surface area contributed by atoms with Crippen LogP contribution in [0.2, 0.25) is 0 Å². The number of benzene rings is 2. The third kappa shape index (κ3) is 4.80. The predicted octanol–water partition coefficient (Wildman–Crippen LogP) is 4.04. The minimum absolute atomic E-state index is 0.0377. The van der Waals surface area contributed by atoms with Gasteiger partial charge >= 0.3 is 0 Å². The number of ether oxygens (including phenoxy) is 2. The van der Waals surface area contributed by atoms with Crippen LogP contribution in [0.1, 0.15) is 10.4 Å². The van der Waals surface area contributed by atoms with E-state index in [1.54, 1.807) is 34.4 Å². The van der Waals surface area contributed by atoms with Gasteiger partial charge in [0.05, 0.1) is 18.7 Å². The molecule has 0 saturated carbocycles. The number of hydrogen-bond donors (Lipinski definition) is 1. The number of carbonyl (C=O) groups is 2. The quantitative estimate of drug-likeness (QED) is 0.624. The van der Waals surface area contributed by atoms with Crippen LogP contribution >= 0.6 is 11.3 Å². The molecule has 30 heavy (non-hydrogen) atoms. The predicted molar refractivity (Wildman–Crippen MR) is 118 cm³/mol. The van der Waals surface area contributed by atoms with Crippen LogP contribution in [0.4, 0.5) is 11.4 Å². The zero-order valence-electron chi connectivity index (χ0n) is 16.6. The van der Waals surface area contributed by atoms with Gasteiger partial charge in [0.25, 0.3) is 5.91 Å². The molecular weight excluding hydrogens is 400 g/mol. The third-order valence-electron chi connectivity index (χ3n) is 4.67. The number of aryl methyl sites for hydroxylation is 1. The maximum atomic E-state index is 12.4. The molecule has 0 spiro atoms. The number of rotatable bonds is 7. The van der Waals surface area contributed by atoms with Crippen LogP contribution in [0.5, 0.6) is 11.5 Å². The van der Waals surface area contributed by atoms with Crippen molar-refractivity contribution in [2.24, 2.45) is 0 Å². The summed E-state index contributed by atoms with van der Waals surface area (Å²) in [4.78, 5) is 27.3. The molecule has 2 amide bonds. The molecule has 0 bridgehead atoms. The van der Waals surface area contributed by atoms with Crippen molar-refractivity contribution in [1.29, 1.82) is 0 Å². The molecular formula is C23H22N2O4S. The van der Waals surface area contributed by atoms with Gasteiger partial charge in [-0.25, -0.2) is 0 Å². The number of thiophene rings is 1. The van der Waals surface area contributed by atoms with E-state index in [1.165, 1.54) is 0 Å². The van der Waals surface area contributed by atoms with Crippen LogP contribution in [-0.2, 0) is 16.0 Å². The summed E-state index contributed by atoms with van der Waals surface area (Å²) in [5.74, 6) is 1.14. The summed E-state index contributed by atoms with van der Waals surface area (Å²) in [6.45, 7) is 2.75. The fourth-order valence-electron chi connectivity index (χ4n) is 3.26. The van der Waals surface area contributed by atoms with Gasteiger partial charge in [-0.05, 0) is 48.2 Å². The number of amides is 2. The van der Waals surface area contributed by atoms with E-state index >= 15 is 0 Å². The smallest absolute Gasteiger partial charge is 0.265 e. The van der Waals surface area contributed by atoms with Gasteiger partial charge in [-0.1, -0.05) is 18.2 Å². The monoisotopic (exact) mass is 422 g/mol. The van der Waals surface area contributed by atoms with Gasteiger partial charge < -0.3 is 19.7 Å². The van der Waals surface area contributed by atoms with E-state index < -0.39 is 0 Å². The van der Waals surface area contributed by atoms with Gasteiger partial charge in [0.1, 0.15) is 18.1 Å². The first kappa shape index (κ1) is 20.0. The molecule has 0 unspecified atom stereocenters. The summed E-state index contributed by atoms with van der Waals surface area (Å²) < 4.78 is 11.4. The minimum atomic E-state index is -0.121. The number of nitrogens with one attached hydrogen (secondary N) is 1. The molecule has 6 nitrogen and oxygen atoms in total. The highest BCUT2D eigenvalue weighted by Crippen LogP contribution is 2.34. The molecule has 0 aliphatic carbocycles. The normalized spacial score (nSPS) is 12.8. The average molecular weight is 423 g/mol. The first-order valence-corrected chi connectivity index (χ1v) is 10.6. The van der Waals surface area contributed by atoms with Crippen LogP contribution in [-0.4, -0.2) is 31.6 Å². The van der Waals surface area contributed by atoms with Crippen molar-refractivity contribution in [3.63, 3.8) is 0 Å². The van der Waals surface area contributed by atoms with E-state index in [9.17, 15) is 9.59 Å². The van der Waals surface area contributed by atoms with E-state index in [2.05, 4.69) is 5.32 Å². The standard InChI is InChI=1S/C23H22N2O4S/c1-16-4-2-5-18(12-16)28-10-9-25-20-8-7-17(13-21(20)29-15-23(25)27)24-22(26)14-19-6-3-11-30-19/h2-8,11-13H,9-10,14-15H2,1H3,(H,24,26). The minimum Gasteiger partial charge on any atom is -0.492 e. The molecule has 1 aliphatic heterocycles. The molecule has 0 fully saturated rings. The van der Waals surface area contributed by atoms with Crippen molar-refractivity contribution in [2.45, 2.75) is 13.3 Å². The van der Waals surface area contributed by atoms with E-state index in [0.29, 0.717) is 36.7 Å². The van der Waals surface area contributed by atoms with Crippen molar-refractivity contribution in [3.8, 4) is 11.5 Å². The van der Waals surface area contributed by atoms with Crippen molar-refractivity contribution in [2.75, 3.05) is 30.0 Å². The molecule has 2 aromatic carbocycles. The Kier molecular flexibility index (Phi) is 5.99. The Bertz CT molecular complexity index is 1050. The number of fused-ring (bicyclic) bond motifs is 1. The SMILES string of the molecule is Cc1cccc(OCCN2C(=O)COc3cc(NC(=O)Cc4cccs4)ccc32)c1. The number of hydrogen-bond acceptors (Lipinski definition) is 5. The second kappa shape index (κ2) is 9.00. The van der Waals surface area contributed by atoms with Gasteiger partial charge in [-0.3, -0.25) is 9.59 Å². The molecule has 154 valence electrons. The van der Waals surface area contributed by atoms with Crippen molar-refractivity contribution in [3.05, 3.63) is 70.4 Å². The average Bonchev–Trinajstić information content (AvgIpc) is 3.22. The Hall–Kier alpha value is -3.32. The van der Waals surface area contributed by atoms with Crippen molar-refractivity contribution >= 4 is 34.5 Å². The van der Waals surface area contributed by atoms with Gasteiger partial charge in [0.15, 0.2) is 6.61 Å². The summed E-state index contributed by atoms with van der Waals surface area (Å²) in [6.07, 6.45) is 0.330. The Morgan fingerprint density at radius 3 is 2.90 bits per heavy atom. The van der Waals surface area contributed by atoms with E-state index in [1.807, 2.05) is 48.7 Å². The number of carbonyl (C=O) groups excluding carboxylic acids is 2. The van der Waals surface area contributed by atoms with Crippen LogP contribution in [0.25, 0.3) is 0 Å². The summed E-state index contributed by atoms with van der Waals surface area (Å²) in [5, 5.41) is 4.83. The Labute approximate surface area is 179 Å². The Morgan fingerprint density at radius 2 is 2.10 bits per heavy atom. The zero-order valence-corrected chi connectivity index (χ0v) is 17.4. The molecule has 1 aliphatic rings. The fraction of sp³-hybridized carbons (Fsp3) is 0.217. The van der Waals surface area contributed by atoms with Crippen LogP contribution in [0.15, 0.2) is 60.0 Å². The highest BCUT2D eigenvalue weighted by molar-refractivity contribution is 7.10. The lowest BCUT2D eigenvalue weighted by Gasteiger charge is -2.29. The second-order valence-corrected chi connectivity index (χ2v) is 8.02. The Morgan fingerprint density at radius 1 is 1.20 bits per heavy atom. The third-order valence-corrected chi connectivity index (χ3v) is 5.55. The molecule has 3 aromatic rings. The molecule has 1 aromatic heterocycles. The Balaban J connectivity index is 1.40. The van der Waals surface area contributed by atoms with E-state index in [4.69, 9.17) is 9.47 Å². The number of nitrogens with zero attached hydrogens (tertiary/aromatic N) is 1. The first-order valence-electron chi connectivity index (χ1n) is 9.67. The molecule has 0 radical (unpaired) electrons. The fourth-order valence-corrected chi connectivity index (χ4v) is 3.97. The van der Waals surface area contributed by atoms with Crippen molar-refractivity contribution < 1.29 is 19.1 Å². The summed E-state index contributed by atoms with van der Waals surface area (Å²) >= 11 is 1.55. The van der Waals surface area contributed by atoms with E-state index in [0.717, 1.165) is 16.2 Å².